The van der Waals surface area contributed by atoms with Crippen molar-refractivity contribution in [1.29, 1.82) is 0 Å². The Morgan fingerprint density at radius 3 is 2.42 bits per heavy atom. The Kier molecular flexibility index (Phi) is 11.3. The van der Waals surface area contributed by atoms with Gasteiger partial charge in [0.1, 0.15) is 17.1 Å². The van der Waals surface area contributed by atoms with E-state index in [4.69, 9.17) is 24.1 Å². The van der Waals surface area contributed by atoms with Crippen molar-refractivity contribution < 1.29 is 47.5 Å². The van der Waals surface area contributed by atoms with E-state index in [1.807, 2.05) is 60.7 Å². The molecule has 2 aromatic carbocycles. The standard InChI is InChI=1S/C39H36N8O11S2/c1-20-26(57-39(54)56-20)18-55-38(53)45-14-13-25(17-45)46-15-12-23(33(46)49)16-24-19-59-35-28(34(50)47(35)29(24)36(51)52)41-32(48)27(31-42-37(40)60-44-31)43-58-30(21-8-4-2-5-9-21)22-10-6-3-7-11-22/h2-11,16,25,28,30,35H,12-15,17-19H2,1H3,(H,41,48)(H,51,52)(H2,40,42,44)/b23-16?,43-27-/t25-,28-,35-/m1/s1. The molecule has 3 atom stereocenters. The zero-order chi connectivity index (χ0) is 42.1. The van der Waals surface area contributed by atoms with Crippen LogP contribution < -0.4 is 16.9 Å². The SMILES string of the molecule is Cc1oc(=O)oc1COC(=O)N1CC[C@@H](N2CCC(=CC3=C(C(=O)O)N4C(=O)[C@@H](NC(=O)/C(=N\OC(c5ccccc5)c5ccccc5)c5nsc(N)n5)[C@H]4SC3)C2=O)C1. The number of allylic oxidation sites excluding steroid dienone is 1. The van der Waals surface area contributed by atoms with Crippen molar-refractivity contribution in [3.8, 4) is 0 Å². The van der Waals surface area contributed by atoms with E-state index >= 15 is 0 Å². The lowest BCUT2D eigenvalue weighted by Gasteiger charge is -2.49. The quantitative estimate of drug-likeness (QED) is 0.0802. The first-order valence-corrected chi connectivity index (χ1v) is 20.5. The van der Waals surface area contributed by atoms with Crippen molar-refractivity contribution >= 4 is 63.9 Å². The maximum Gasteiger partial charge on any atom is 0.519 e. The summed E-state index contributed by atoms with van der Waals surface area (Å²) in [6.45, 7) is 2.13. The molecule has 60 heavy (non-hydrogen) atoms. The Hall–Kier alpha value is -6.74. The molecule has 4 aliphatic heterocycles. The number of carboxylic acid groups (broad SMARTS) is 1. The molecule has 21 heteroatoms. The molecule has 19 nitrogen and oxygen atoms in total. The minimum Gasteiger partial charge on any atom is -0.477 e. The van der Waals surface area contributed by atoms with Gasteiger partial charge in [0.25, 0.3) is 11.8 Å². The molecule has 2 aromatic heterocycles. The van der Waals surface area contributed by atoms with Gasteiger partial charge in [-0.2, -0.15) is 9.36 Å². The number of nitrogen functional groups attached to an aromatic ring is 1. The number of hydrogen-bond donors (Lipinski definition) is 3. The second-order valence-electron chi connectivity index (χ2n) is 14.0. The predicted octanol–water partition coefficient (Wildman–Crippen LogP) is 2.79. The van der Waals surface area contributed by atoms with Crippen LogP contribution >= 0.6 is 23.3 Å². The number of hydrogen-bond acceptors (Lipinski definition) is 16. The number of nitrogens with one attached hydrogen (secondary N) is 1. The van der Waals surface area contributed by atoms with Gasteiger partial charge in [0, 0.05) is 42.5 Å². The van der Waals surface area contributed by atoms with Gasteiger partial charge in [0.2, 0.25) is 17.4 Å². The van der Waals surface area contributed by atoms with Crippen LogP contribution in [0.3, 0.4) is 0 Å². The molecule has 0 unspecified atom stereocenters. The Labute approximate surface area is 348 Å². The van der Waals surface area contributed by atoms with Crippen molar-refractivity contribution in [2.24, 2.45) is 5.16 Å². The monoisotopic (exact) mass is 856 g/mol. The summed E-state index contributed by atoms with van der Waals surface area (Å²) in [6.07, 6.45) is 0.984. The first kappa shape index (κ1) is 40.1. The van der Waals surface area contributed by atoms with Crippen molar-refractivity contribution in [3.05, 3.63) is 123 Å². The number of carboxylic acids is 1. The minimum atomic E-state index is -1.37. The number of β-lactam (4-membered cyclic amide) rings is 1. The summed E-state index contributed by atoms with van der Waals surface area (Å²) in [5.74, 6) is -3.75. The topological polar surface area (TPSA) is 253 Å². The number of rotatable bonds is 12. The van der Waals surface area contributed by atoms with Crippen molar-refractivity contribution in [2.45, 2.75) is 49.9 Å². The molecular formula is C39H36N8O11S2. The number of carbonyl (C=O) groups is 5. The summed E-state index contributed by atoms with van der Waals surface area (Å²) in [7, 11) is 0. The van der Waals surface area contributed by atoms with E-state index in [2.05, 4.69) is 19.8 Å². The normalized spacial score (nSPS) is 21.1. The second-order valence-corrected chi connectivity index (χ2v) is 15.9. The summed E-state index contributed by atoms with van der Waals surface area (Å²) < 4.78 is 19.1. The minimum absolute atomic E-state index is 0.0734. The zero-order valence-corrected chi connectivity index (χ0v) is 33.3. The molecule has 8 rings (SSSR count). The number of aryl methyl sites for hydroxylation is 1. The molecule has 0 aliphatic carbocycles. The van der Waals surface area contributed by atoms with Crippen LogP contribution in [0.2, 0.25) is 0 Å². The van der Waals surface area contributed by atoms with Gasteiger partial charge in [-0.3, -0.25) is 19.3 Å². The summed E-state index contributed by atoms with van der Waals surface area (Å²) >= 11 is 2.08. The third-order valence-electron chi connectivity index (χ3n) is 10.3. The Morgan fingerprint density at radius 2 is 1.78 bits per heavy atom. The van der Waals surface area contributed by atoms with Gasteiger partial charge in [-0.25, -0.2) is 14.4 Å². The largest absolute Gasteiger partial charge is 0.519 e. The van der Waals surface area contributed by atoms with Crippen LogP contribution in [0.25, 0.3) is 0 Å². The number of oxime groups is 1. The predicted molar refractivity (Wildman–Crippen MR) is 213 cm³/mol. The smallest absolute Gasteiger partial charge is 0.477 e. The van der Waals surface area contributed by atoms with E-state index < -0.39 is 47.2 Å². The molecule has 4 amide bonds. The fourth-order valence-electron chi connectivity index (χ4n) is 7.37. The molecule has 3 fully saturated rings. The molecule has 310 valence electrons. The highest BCUT2D eigenvalue weighted by Crippen LogP contribution is 2.41. The van der Waals surface area contributed by atoms with E-state index in [0.717, 1.165) is 27.6 Å². The van der Waals surface area contributed by atoms with Gasteiger partial charge in [0.15, 0.2) is 29.4 Å². The maximum absolute atomic E-state index is 13.9. The van der Waals surface area contributed by atoms with E-state index in [1.165, 1.54) is 29.7 Å². The lowest BCUT2D eigenvalue weighted by Crippen LogP contribution is -2.71. The molecule has 3 saturated heterocycles. The Bertz CT molecular complexity index is 2460. The maximum atomic E-state index is 13.9. The first-order valence-electron chi connectivity index (χ1n) is 18.6. The van der Waals surface area contributed by atoms with Crippen LogP contribution in [0.1, 0.15) is 47.4 Å². The van der Waals surface area contributed by atoms with Crippen LogP contribution in [0.15, 0.2) is 102 Å². The van der Waals surface area contributed by atoms with Crippen molar-refractivity contribution in [1.82, 2.24) is 29.4 Å². The van der Waals surface area contributed by atoms with Crippen LogP contribution in [0.5, 0.6) is 0 Å². The van der Waals surface area contributed by atoms with Gasteiger partial charge in [-0.05, 0) is 42.5 Å². The van der Waals surface area contributed by atoms with E-state index in [9.17, 15) is 33.9 Å². The van der Waals surface area contributed by atoms with E-state index in [0.29, 0.717) is 31.5 Å². The fraction of sp³-hybridized carbons (Fsp3) is 0.308. The summed E-state index contributed by atoms with van der Waals surface area (Å²) in [4.78, 5) is 92.2. The van der Waals surface area contributed by atoms with Crippen LogP contribution in [0, 0.1) is 6.92 Å². The average Bonchev–Trinajstić information content (AvgIpc) is 4.05. The number of likely N-dealkylation sites (tertiary alicyclic amines) is 2. The number of anilines is 1. The number of amides is 4. The molecule has 0 bridgehead atoms. The zero-order valence-electron chi connectivity index (χ0n) is 31.7. The fourth-order valence-corrected chi connectivity index (χ4v) is 9.11. The van der Waals surface area contributed by atoms with Gasteiger partial charge < -0.3 is 44.4 Å². The summed E-state index contributed by atoms with van der Waals surface area (Å²) in [6, 6.07) is 17.1. The third-order valence-corrected chi connectivity index (χ3v) is 12.2. The van der Waals surface area contributed by atoms with Gasteiger partial charge in [0.05, 0.1) is 6.04 Å². The molecule has 0 spiro atoms. The van der Waals surface area contributed by atoms with Crippen LogP contribution in [-0.2, 0) is 35.4 Å². The number of ether oxygens (including phenoxy) is 1. The molecule has 6 heterocycles. The van der Waals surface area contributed by atoms with E-state index in [1.54, 1.807) is 4.90 Å². The highest BCUT2D eigenvalue weighted by molar-refractivity contribution is 8.00. The number of nitrogens with two attached hydrogens (primary N) is 1. The molecule has 4 N–H and O–H groups in total. The second kappa shape index (κ2) is 16.9. The highest BCUT2D eigenvalue weighted by atomic mass is 32.2. The summed E-state index contributed by atoms with van der Waals surface area (Å²) in [5.41, 5.74) is 7.38. The molecule has 4 aromatic rings. The number of thioether (sulfide) groups is 1. The lowest BCUT2D eigenvalue weighted by atomic mass is 10.0. The van der Waals surface area contributed by atoms with Gasteiger partial charge >= 0.3 is 17.9 Å². The van der Waals surface area contributed by atoms with Gasteiger partial charge in [-0.15, -0.1) is 11.8 Å². The van der Waals surface area contributed by atoms with Crippen molar-refractivity contribution in [3.63, 3.8) is 0 Å². The van der Waals surface area contributed by atoms with Crippen LogP contribution in [-0.4, -0.2) is 108 Å². The number of nitrogens with zero attached hydrogens (tertiary/aromatic N) is 6. The van der Waals surface area contributed by atoms with Gasteiger partial charge in [-0.1, -0.05) is 65.8 Å². The Morgan fingerprint density at radius 1 is 1.07 bits per heavy atom. The molecule has 0 saturated carbocycles. The average molecular weight is 857 g/mol. The first-order chi connectivity index (χ1) is 29.0. The third kappa shape index (κ3) is 8.00. The number of aliphatic carboxylic acids is 1. The number of benzene rings is 2. The summed E-state index contributed by atoms with van der Waals surface area (Å²) in [5, 5.41) is 16.5. The number of carbonyl (C=O) groups excluding carboxylic acids is 4. The lowest BCUT2D eigenvalue weighted by molar-refractivity contribution is -0.150. The van der Waals surface area contributed by atoms with Crippen molar-refractivity contribution in [2.75, 3.05) is 31.1 Å². The van der Waals surface area contributed by atoms with E-state index in [-0.39, 0.29) is 70.3 Å². The number of fused-ring (bicyclic) bond motifs is 1. The highest BCUT2D eigenvalue weighted by Gasteiger charge is 2.54. The molecule has 4 aliphatic rings. The molecular weight excluding hydrogens is 821 g/mol. The number of aromatic nitrogens is 2. The van der Waals surface area contributed by atoms with Crippen LogP contribution in [0.4, 0.5) is 9.93 Å². The molecule has 0 radical (unpaired) electrons. The Balaban J connectivity index is 0.943.